The molecule has 0 unspecified atom stereocenters. The zero-order valence-electron chi connectivity index (χ0n) is 21.2. The van der Waals surface area contributed by atoms with Gasteiger partial charge in [-0.05, 0) is 81.1 Å². The van der Waals surface area contributed by atoms with Crippen LogP contribution in [0.25, 0.3) is 16.6 Å². The maximum Gasteiger partial charge on any atom is 0.256 e. The van der Waals surface area contributed by atoms with E-state index in [0.29, 0.717) is 17.2 Å². The molecule has 3 heterocycles. The van der Waals surface area contributed by atoms with E-state index in [9.17, 15) is 9.18 Å². The van der Waals surface area contributed by atoms with Crippen molar-refractivity contribution in [2.75, 3.05) is 20.1 Å². The maximum atomic E-state index is 14.3. The number of amides is 1. The molecule has 0 atom stereocenters. The molecule has 1 saturated heterocycles. The van der Waals surface area contributed by atoms with Crippen LogP contribution >= 0.6 is 0 Å². The summed E-state index contributed by atoms with van der Waals surface area (Å²) in [5.74, 6) is -0.193. The van der Waals surface area contributed by atoms with E-state index < -0.39 is 5.82 Å². The molecule has 1 aliphatic rings. The lowest BCUT2D eigenvalue weighted by atomic mass is 9.89. The Kier molecular flexibility index (Phi) is 6.88. The molecule has 2 aromatic heterocycles. The highest BCUT2D eigenvalue weighted by atomic mass is 19.1. The molecule has 186 valence electrons. The molecular formula is C30H33FN4O. The first kappa shape index (κ1) is 24.2. The van der Waals surface area contributed by atoms with Crippen LogP contribution in [0.4, 0.5) is 4.39 Å². The summed E-state index contributed by atoms with van der Waals surface area (Å²) in [7, 11) is 1.76. The van der Waals surface area contributed by atoms with Crippen LogP contribution in [0.3, 0.4) is 0 Å². The third kappa shape index (κ3) is 4.78. The Balaban J connectivity index is 1.47. The van der Waals surface area contributed by atoms with Crippen LogP contribution in [-0.2, 0) is 6.54 Å². The number of rotatable bonds is 6. The van der Waals surface area contributed by atoms with Crippen LogP contribution in [0.2, 0.25) is 0 Å². The molecule has 0 bridgehead atoms. The lowest BCUT2D eigenvalue weighted by Crippen LogP contribution is -2.33. The van der Waals surface area contributed by atoms with Crippen LogP contribution in [-0.4, -0.2) is 51.4 Å². The molecule has 1 amide bonds. The van der Waals surface area contributed by atoms with Crippen molar-refractivity contribution < 1.29 is 9.18 Å². The predicted octanol–water partition coefficient (Wildman–Crippen LogP) is 6.02. The van der Waals surface area contributed by atoms with E-state index in [1.807, 2.05) is 30.8 Å². The average molecular weight is 485 g/mol. The van der Waals surface area contributed by atoms with Crippen molar-refractivity contribution in [2.24, 2.45) is 0 Å². The lowest BCUT2D eigenvalue weighted by molar-refractivity contribution is 0.0754. The molecule has 0 aliphatic carbocycles. The molecule has 0 N–H and O–H groups in total. The highest BCUT2D eigenvalue weighted by Crippen LogP contribution is 2.36. The fourth-order valence-electron chi connectivity index (χ4n) is 5.18. The van der Waals surface area contributed by atoms with Crippen molar-refractivity contribution >= 4 is 16.8 Å². The van der Waals surface area contributed by atoms with Crippen molar-refractivity contribution in [2.45, 2.75) is 45.2 Å². The molecule has 1 aliphatic heterocycles. The summed E-state index contributed by atoms with van der Waals surface area (Å²) >= 11 is 0. The van der Waals surface area contributed by atoms with Crippen molar-refractivity contribution in [3.63, 3.8) is 0 Å². The number of hydrogen-bond acceptors (Lipinski definition) is 3. The molecule has 1 fully saturated rings. The molecule has 0 saturated carbocycles. The number of benzene rings is 2. The number of aromatic nitrogens is 2. The zero-order chi connectivity index (χ0) is 25.2. The van der Waals surface area contributed by atoms with Gasteiger partial charge in [-0.1, -0.05) is 30.3 Å². The van der Waals surface area contributed by atoms with Crippen LogP contribution in [0.5, 0.6) is 0 Å². The van der Waals surface area contributed by atoms with E-state index in [1.165, 1.54) is 23.3 Å². The van der Waals surface area contributed by atoms with Gasteiger partial charge in [0.15, 0.2) is 0 Å². The van der Waals surface area contributed by atoms with Crippen LogP contribution < -0.4 is 0 Å². The van der Waals surface area contributed by atoms with Crippen molar-refractivity contribution in [3.05, 3.63) is 95.7 Å². The first-order valence-corrected chi connectivity index (χ1v) is 12.7. The second kappa shape index (κ2) is 10.2. The van der Waals surface area contributed by atoms with E-state index in [-0.39, 0.29) is 11.9 Å². The van der Waals surface area contributed by atoms with Gasteiger partial charge in [-0.25, -0.2) is 4.39 Å². The summed E-state index contributed by atoms with van der Waals surface area (Å²) in [5, 5.41) is 1.14. The van der Waals surface area contributed by atoms with E-state index in [1.54, 1.807) is 18.0 Å². The number of halogens is 1. The maximum absolute atomic E-state index is 14.3. The summed E-state index contributed by atoms with van der Waals surface area (Å²) in [5.41, 5.74) is 4.59. The van der Waals surface area contributed by atoms with Gasteiger partial charge in [0, 0.05) is 37.4 Å². The Bertz CT molecular complexity index is 1360. The molecular weight excluding hydrogens is 451 g/mol. The number of hydrogen-bond donors (Lipinski definition) is 0. The van der Waals surface area contributed by atoms with Gasteiger partial charge in [0.25, 0.3) is 5.91 Å². The monoisotopic (exact) mass is 484 g/mol. The Morgan fingerprint density at radius 2 is 1.86 bits per heavy atom. The van der Waals surface area contributed by atoms with Crippen LogP contribution in [0, 0.1) is 5.82 Å². The molecule has 5 rings (SSSR count). The Morgan fingerprint density at radius 1 is 1.11 bits per heavy atom. The molecule has 6 heteroatoms. The Morgan fingerprint density at radius 3 is 2.58 bits per heavy atom. The number of likely N-dealkylation sites (tertiary alicyclic amines) is 1. The second-order valence-electron chi connectivity index (χ2n) is 10.1. The predicted molar refractivity (Wildman–Crippen MR) is 142 cm³/mol. The minimum absolute atomic E-state index is 0.00771. The van der Waals surface area contributed by atoms with E-state index in [4.69, 9.17) is 0 Å². The third-order valence-corrected chi connectivity index (χ3v) is 7.46. The van der Waals surface area contributed by atoms with Gasteiger partial charge in [-0.15, -0.1) is 0 Å². The third-order valence-electron chi connectivity index (χ3n) is 7.46. The summed E-state index contributed by atoms with van der Waals surface area (Å²) in [6, 6.07) is 17.2. The number of pyridine rings is 1. The van der Waals surface area contributed by atoms with E-state index >= 15 is 0 Å². The SMILES string of the molecule is CC(C)N(C)C(=O)c1cc(F)ccc1-n1cc(C2CCN(Cc3ccccc3)CC2)c2ccncc21. The van der Waals surface area contributed by atoms with Gasteiger partial charge in [-0.2, -0.15) is 0 Å². The Hall–Kier alpha value is -3.51. The number of nitrogens with zero attached hydrogens (tertiary/aromatic N) is 4. The van der Waals surface area contributed by atoms with Crippen LogP contribution in [0.15, 0.2) is 73.2 Å². The Labute approximate surface area is 212 Å². The minimum atomic E-state index is -0.417. The van der Waals surface area contributed by atoms with Gasteiger partial charge in [0.05, 0.1) is 23.0 Å². The summed E-state index contributed by atoms with van der Waals surface area (Å²) in [6.07, 6.45) is 7.94. The average Bonchev–Trinajstić information content (AvgIpc) is 3.28. The van der Waals surface area contributed by atoms with Gasteiger partial charge < -0.3 is 9.47 Å². The minimum Gasteiger partial charge on any atom is -0.339 e. The zero-order valence-corrected chi connectivity index (χ0v) is 21.2. The van der Waals surface area contributed by atoms with Gasteiger partial charge in [-0.3, -0.25) is 14.7 Å². The molecule has 36 heavy (non-hydrogen) atoms. The molecule has 5 nitrogen and oxygen atoms in total. The normalized spacial score (nSPS) is 15.0. The standard InChI is InChI=1S/C30H33FN4O/c1-21(2)33(3)30(36)26-17-24(31)9-10-28(26)35-20-27(25-11-14-32-18-29(25)35)23-12-15-34(16-13-23)19-22-7-5-4-6-8-22/h4-11,14,17-18,20-21,23H,12-13,15-16,19H2,1-3H3. The first-order chi connectivity index (χ1) is 17.4. The van der Waals surface area contributed by atoms with Gasteiger partial charge >= 0.3 is 0 Å². The highest BCUT2D eigenvalue weighted by molar-refractivity contribution is 5.99. The lowest BCUT2D eigenvalue weighted by Gasteiger charge is -2.32. The summed E-state index contributed by atoms with van der Waals surface area (Å²) in [6.45, 7) is 6.96. The van der Waals surface area contributed by atoms with E-state index in [2.05, 4.69) is 52.5 Å². The second-order valence-corrected chi connectivity index (χ2v) is 10.1. The number of fused-ring (bicyclic) bond motifs is 1. The summed E-state index contributed by atoms with van der Waals surface area (Å²) < 4.78 is 16.3. The van der Waals surface area contributed by atoms with Crippen LogP contribution in [0.1, 0.15) is 54.1 Å². The van der Waals surface area contributed by atoms with E-state index in [0.717, 1.165) is 43.4 Å². The largest absolute Gasteiger partial charge is 0.339 e. The number of carbonyl (C=O) groups is 1. The van der Waals surface area contributed by atoms with Gasteiger partial charge in [0.1, 0.15) is 5.82 Å². The van der Waals surface area contributed by atoms with Crippen molar-refractivity contribution in [1.82, 2.24) is 19.4 Å². The fraction of sp³-hybridized carbons (Fsp3) is 0.333. The molecule has 0 radical (unpaired) electrons. The molecule has 2 aromatic carbocycles. The van der Waals surface area contributed by atoms with Crippen molar-refractivity contribution in [3.8, 4) is 5.69 Å². The quantitative estimate of drug-likeness (QED) is 0.336. The fourth-order valence-corrected chi connectivity index (χ4v) is 5.18. The molecule has 0 spiro atoms. The highest BCUT2D eigenvalue weighted by Gasteiger charge is 2.26. The smallest absolute Gasteiger partial charge is 0.256 e. The topological polar surface area (TPSA) is 41.4 Å². The van der Waals surface area contributed by atoms with Crippen molar-refractivity contribution in [1.29, 1.82) is 0 Å². The summed E-state index contributed by atoms with van der Waals surface area (Å²) in [4.78, 5) is 21.8. The first-order valence-electron chi connectivity index (χ1n) is 12.7. The number of piperidine rings is 1. The number of carbonyl (C=O) groups excluding carboxylic acids is 1. The molecule has 4 aromatic rings. The van der Waals surface area contributed by atoms with Gasteiger partial charge in [0.2, 0.25) is 0 Å².